The summed E-state index contributed by atoms with van der Waals surface area (Å²) in [6.45, 7) is 2.00. The maximum Gasteiger partial charge on any atom is 0.281 e. The number of hydrogen-bond donors (Lipinski definition) is 0. The molecule has 1 aromatic heterocycles. The van der Waals surface area contributed by atoms with Crippen molar-refractivity contribution in [2.24, 2.45) is 0 Å². The maximum absolute atomic E-state index is 14.1. The molecule has 0 saturated carbocycles. The van der Waals surface area contributed by atoms with Crippen molar-refractivity contribution < 1.29 is 9.31 Å². The van der Waals surface area contributed by atoms with Gasteiger partial charge in [0, 0.05) is 17.1 Å². The van der Waals surface area contributed by atoms with E-state index in [9.17, 15) is 14.5 Å². The highest BCUT2D eigenvalue weighted by atomic mass is 35.5. The Morgan fingerprint density at radius 1 is 1.55 bits per heavy atom. The summed E-state index contributed by atoms with van der Waals surface area (Å²) in [6.07, 6.45) is 3.46. The van der Waals surface area contributed by atoms with E-state index in [-0.39, 0.29) is 11.1 Å². The van der Waals surface area contributed by atoms with Crippen LogP contribution in [0.25, 0.3) is 10.9 Å². The van der Waals surface area contributed by atoms with Crippen LogP contribution in [0.15, 0.2) is 24.4 Å². The first kappa shape index (κ1) is 14.7. The molecule has 0 aliphatic carbocycles. The van der Waals surface area contributed by atoms with Crippen LogP contribution in [0.3, 0.4) is 0 Å². The number of nitro groups is 1. The Morgan fingerprint density at radius 2 is 2.30 bits per heavy atom. The van der Waals surface area contributed by atoms with Crippen LogP contribution in [0.4, 0.5) is 10.1 Å². The van der Waals surface area contributed by atoms with Gasteiger partial charge < -0.3 is 0 Å². The van der Waals surface area contributed by atoms with E-state index in [2.05, 4.69) is 4.98 Å². The molecule has 0 amide bonds. The zero-order chi connectivity index (χ0) is 14.7. The monoisotopic (exact) mass is 296 g/mol. The van der Waals surface area contributed by atoms with Crippen molar-refractivity contribution in [3.8, 4) is 0 Å². The minimum Gasteiger partial charge on any atom is -0.258 e. The van der Waals surface area contributed by atoms with Crippen molar-refractivity contribution >= 4 is 28.2 Å². The standard InChI is InChI=1S/C14H14ClFN2O2/c1-2-4-9(15)7-11-12(16)8-13(18(19)20)10-5-3-6-17-14(10)11/h3,5-6,8-9H,2,4,7H2,1H3. The molecule has 106 valence electrons. The lowest BCUT2D eigenvalue weighted by molar-refractivity contribution is -0.383. The zero-order valence-corrected chi connectivity index (χ0v) is 11.7. The Kier molecular flexibility index (Phi) is 4.49. The third-order valence-corrected chi connectivity index (χ3v) is 3.52. The van der Waals surface area contributed by atoms with E-state index in [1.54, 1.807) is 12.1 Å². The van der Waals surface area contributed by atoms with Crippen molar-refractivity contribution in [3.05, 3.63) is 45.9 Å². The molecule has 0 bridgehead atoms. The van der Waals surface area contributed by atoms with Crippen LogP contribution in [0.2, 0.25) is 0 Å². The van der Waals surface area contributed by atoms with Crippen molar-refractivity contribution in [3.63, 3.8) is 0 Å². The van der Waals surface area contributed by atoms with Gasteiger partial charge >= 0.3 is 0 Å². The van der Waals surface area contributed by atoms with Gasteiger partial charge in [-0.3, -0.25) is 15.1 Å². The fourth-order valence-electron chi connectivity index (χ4n) is 2.23. The molecule has 2 rings (SSSR count). The molecule has 0 aliphatic heterocycles. The van der Waals surface area contributed by atoms with Crippen LogP contribution < -0.4 is 0 Å². The van der Waals surface area contributed by atoms with Gasteiger partial charge in [-0.2, -0.15) is 0 Å². The van der Waals surface area contributed by atoms with Gasteiger partial charge in [-0.1, -0.05) is 13.3 Å². The predicted molar refractivity (Wildman–Crippen MR) is 76.6 cm³/mol. The summed E-state index contributed by atoms with van der Waals surface area (Å²) in [5, 5.41) is 11.1. The topological polar surface area (TPSA) is 56.0 Å². The smallest absolute Gasteiger partial charge is 0.258 e. The summed E-state index contributed by atoms with van der Waals surface area (Å²) in [6, 6.07) is 4.13. The summed E-state index contributed by atoms with van der Waals surface area (Å²) in [4.78, 5) is 14.5. The van der Waals surface area contributed by atoms with Crippen molar-refractivity contribution in [1.82, 2.24) is 4.98 Å². The fraction of sp³-hybridized carbons (Fsp3) is 0.357. The summed E-state index contributed by atoms with van der Waals surface area (Å²) < 4.78 is 14.1. The van der Waals surface area contributed by atoms with Crippen LogP contribution in [-0.4, -0.2) is 15.3 Å². The molecule has 0 radical (unpaired) electrons. The number of aromatic nitrogens is 1. The van der Waals surface area contributed by atoms with Crippen molar-refractivity contribution in [1.29, 1.82) is 0 Å². The van der Waals surface area contributed by atoms with E-state index in [4.69, 9.17) is 11.6 Å². The SMILES string of the molecule is CCCC(Cl)Cc1c(F)cc([N+](=O)[O-])c2cccnc12. The number of hydrogen-bond acceptors (Lipinski definition) is 3. The Labute approximate surface area is 120 Å². The Balaban J connectivity index is 2.58. The third-order valence-electron chi connectivity index (χ3n) is 3.15. The summed E-state index contributed by atoms with van der Waals surface area (Å²) >= 11 is 6.16. The number of nitrogens with zero attached hydrogens (tertiary/aromatic N) is 2. The molecular weight excluding hydrogens is 283 g/mol. The van der Waals surface area contributed by atoms with Gasteiger partial charge in [0.05, 0.1) is 21.9 Å². The first-order valence-corrected chi connectivity index (χ1v) is 6.82. The molecule has 6 heteroatoms. The van der Waals surface area contributed by atoms with Crippen molar-refractivity contribution in [2.45, 2.75) is 31.6 Å². The Morgan fingerprint density at radius 3 is 2.95 bits per heavy atom. The number of benzene rings is 1. The predicted octanol–water partition coefficient (Wildman–Crippen LogP) is 4.23. The molecule has 1 heterocycles. The van der Waals surface area contributed by atoms with Crippen LogP contribution in [0.1, 0.15) is 25.3 Å². The summed E-state index contributed by atoms with van der Waals surface area (Å²) in [7, 11) is 0. The van der Waals surface area contributed by atoms with Gasteiger partial charge in [0.25, 0.3) is 5.69 Å². The molecule has 20 heavy (non-hydrogen) atoms. The third kappa shape index (κ3) is 2.88. The normalized spacial score (nSPS) is 12.6. The second-order valence-corrected chi connectivity index (χ2v) is 5.22. The van der Waals surface area contributed by atoms with E-state index in [0.717, 1.165) is 18.9 Å². The lowest BCUT2D eigenvalue weighted by Gasteiger charge is -2.11. The fourth-order valence-corrected chi connectivity index (χ4v) is 2.61. The average Bonchev–Trinajstić information content (AvgIpc) is 2.41. The van der Waals surface area contributed by atoms with Crippen LogP contribution >= 0.6 is 11.6 Å². The first-order chi connectivity index (χ1) is 9.54. The van der Waals surface area contributed by atoms with Gasteiger partial charge in [-0.25, -0.2) is 4.39 Å². The second kappa shape index (κ2) is 6.13. The maximum atomic E-state index is 14.1. The number of halogens is 2. The molecule has 2 aromatic rings. The van der Waals surface area contributed by atoms with E-state index in [1.165, 1.54) is 6.20 Å². The molecule has 0 fully saturated rings. The zero-order valence-electron chi connectivity index (χ0n) is 11.0. The van der Waals surface area contributed by atoms with Gasteiger partial charge in [0.15, 0.2) is 0 Å². The van der Waals surface area contributed by atoms with Crippen LogP contribution in [0.5, 0.6) is 0 Å². The number of nitro benzene ring substituents is 1. The first-order valence-electron chi connectivity index (χ1n) is 6.39. The molecule has 0 saturated heterocycles. The largest absolute Gasteiger partial charge is 0.281 e. The summed E-state index contributed by atoms with van der Waals surface area (Å²) in [5.41, 5.74) is 0.400. The van der Waals surface area contributed by atoms with E-state index >= 15 is 0 Å². The van der Waals surface area contributed by atoms with Crippen molar-refractivity contribution in [2.75, 3.05) is 0 Å². The average molecular weight is 297 g/mol. The van der Waals surface area contributed by atoms with Gasteiger partial charge in [0.1, 0.15) is 5.82 Å². The lowest BCUT2D eigenvalue weighted by atomic mass is 10.0. The molecule has 1 unspecified atom stereocenters. The van der Waals surface area contributed by atoms with Crippen LogP contribution in [0, 0.1) is 15.9 Å². The molecular formula is C14H14ClFN2O2. The molecule has 1 aromatic carbocycles. The highest BCUT2D eigenvalue weighted by molar-refractivity contribution is 6.20. The van der Waals surface area contributed by atoms with E-state index in [1.807, 2.05) is 6.92 Å². The number of fused-ring (bicyclic) bond motifs is 1. The second-order valence-electron chi connectivity index (χ2n) is 4.60. The molecule has 1 atom stereocenters. The highest BCUT2D eigenvalue weighted by Gasteiger charge is 2.21. The Hall–Kier alpha value is -1.75. The van der Waals surface area contributed by atoms with Gasteiger partial charge in [-0.15, -0.1) is 11.6 Å². The minimum atomic E-state index is -0.621. The van der Waals surface area contributed by atoms with E-state index < -0.39 is 10.7 Å². The van der Waals surface area contributed by atoms with E-state index in [0.29, 0.717) is 22.9 Å². The van der Waals surface area contributed by atoms with Gasteiger partial charge in [0.2, 0.25) is 0 Å². The number of pyridine rings is 1. The number of non-ortho nitro benzene ring substituents is 1. The molecule has 4 nitrogen and oxygen atoms in total. The molecule has 0 aliphatic rings. The Bertz CT molecular complexity index is 648. The number of alkyl halides is 1. The minimum absolute atomic E-state index is 0.207. The van der Waals surface area contributed by atoms with Gasteiger partial charge in [-0.05, 0) is 25.0 Å². The molecule has 0 N–H and O–H groups in total. The van der Waals surface area contributed by atoms with Crippen LogP contribution in [-0.2, 0) is 6.42 Å². The molecule has 0 spiro atoms. The quantitative estimate of drug-likeness (QED) is 0.471. The highest BCUT2D eigenvalue weighted by Crippen LogP contribution is 2.31. The lowest BCUT2D eigenvalue weighted by Crippen LogP contribution is -2.07. The summed E-state index contributed by atoms with van der Waals surface area (Å²) in [5.74, 6) is -0.621. The number of rotatable bonds is 5.